The van der Waals surface area contributed by atoms with Crippen molar-refractivity contribution in [1.29, 1.82) is 0 Å². The Morgan fingerprint density at radius 1 is 1.32 bits per heavy atom. The largest absolute Gasteiger partial charge is 0.396 e. The van der Waals surface area contributed by atoms with E-state index in [1.807, 2.05) is 0 Å². The molecule has 0 bridgehead atoms. The molecule has 1 aliphatic rings. The van der Waals surface area contributed by atoms with Crippen molar-refractivity contribution in [3.05, 3.63) is 0 Å². The molecule has 5 heteroatoms. The van der Waals surface area contributed by atoms with E-state index >= 15 is 0 Å². The van der Waals surface area contributed by atoms with Crippen LogP contribution in [-0.4, -0.2) is 48.8 Å². The van der Waals surface area contributed by atoms with Crippen LogP contribution in [0.15, 0.2) is 4.99 Å². The molecule has 1 atom stereocenters. The Balaban J connectivity index is 0.00000441. The van der Waals surface area contributed by atoms with Gasteiger partial charge >= 0.3 is 0 Å². The van der Waals surface area contributed by atoms with Gasteiger partial charge in [0.2, 0.25) is 0 Å². The van der Waals surface area contributed by atoms with Crippen LogP contribution in [0.1, 0.15) is 59.8 Å². The number of guanidine groups is 1. The summed E-state index contributed by atoms with van der Waals surface area (Å²) in [5.41, 5.74) is 0.150. The molecule has 0 radical (unpaired) electrons. The molecule has 0 aromatic heterocycles. The summed E-state index contributed by atoms with van der Waals surface area (Å²) in [6.07, 6.45) is 5.58. The van der Waals surface area contributed by atoms with Crippen LogP contribution >= 0.6 is 24.0 Å². The van der Waals surface area contributed by atoms with Gasteiger partial charge in [-0.05, 0) is 50.4 Å². The number of halogens is 1. The first-order valence-corrected chi connectivity index (χ1v) is 8.75. The van der Waals surface area contributed by atoms with Crippen molar-refractivity contribution in [3.8, 4) is 0 Å². The molecule has 0 aromatic carbocycles. The highest BCUT2D eigenvalue weighted by atomic mass is 127. The second kappa shape index (κ2) is 11.5. The van der Waals surface area contributed by atoms with Gasteiger partial charge in [0.1, 0.15) is 0 Å². The monoisotopic (exact) mass is 425 g/mol. The Labute approximate surface area is 154 Å². The predicted molar refractivity (Wildman–Crippen MR) is 106 cm³/mol. The SMILES string of the molecule is CCNC(=NCC(CC)(CC)CCO)N1CCCC(C)C1.I. The van der Waals surface area contributed by atoms with Crippen molar-refractivity contribution in [2.75, 3.05) is 32.8 Å². The van der Waals surface area contributed by atoms with Crippen LogP contribution in [-0.2, 0) is 0 Å². The molecular formula is C17H36IN3O. The quantitative estimate of drug-likeness (QED) is 0.373. The van der Waals surface area contributed by atoms with E-state index in [-0.39, 0.29) is 36.0 Å². The van der Waals surface area contributed by atoms with E-state index in [0.29, 0.717) is 0 Å². The van der Waals surface area contributed by atoms with Crippen molar-refractivity contribution in [1.82, 2.24) is 10.2 Å². The average molecular weight is 425 g/mol. The number of piperidine rings is 1. The zero-order valence-electron chi connectivity index (χ0n) is 14.9. The van der Waals surface area contributed by atoms with Crippen LogP contribution in [0.4, 0.5) is 0 Å². The highest BCUT2D eigenvalue weighted by Gasteiger charge is 2.26. The number of nitrogens with zero attached hydrogens (tertiary/aromatic N) is 2. The maximum absolute atomic E-state index is 9.34. The molecule has 1 unspecified atom stereocenters. The Hall–Kier alpha value is -0.0400. The van der Waals surface area contributed by atoms with Crippen LogP contribution in [0.2, 0.25) is 0 Å². The molecule has 1 aliphatic heterocycles. The summed E-state index contributed by atoms with van der Waals surface area (Å²) in [5.74, 6) is 1.82. The van der Waals surface area contributed by atoms with E-state index in [4.69, 9.17) is 4.99 Å². The van der Waals surface area contributed by atoms with E-state index in [9.17, 15) is 5.11 Å². The number of aliphatic hydroxyl groups excluding tert-OH is 1. The Morgan fingerprint density at radius 2 is 2.00 bits per heavy atom. The van der Waals surface area contributed by atoms with E-state index in [2.05, 4.69) is 37.9 Å². The van der Waals surface area contributed by atoms with Crippen molar-refractivity contribution in [2.45, 2.75) is 59.8 Å². The molecule has 2 N–H and O–H groups in total. The second-order valence-corrected chi connectivity index (χ2v) is 6.54. The van der Waals surface area contributed by atoms with Crippen molar-refractivity contribution in [2.24, 2.45) is 16.3 Å². The van der Waals surface area contributed by atoms with Crippen molar-refractivity contribution in [3.63, 3.8) is 0 Å². The minimum Gasteiger partial charge on any atom is -0.396 e. The third-order valence-electron chi connectivity index (χ3n) is 5.00. The van der Waals surface area contributed by atoms with E-state index in [1.165, 1.54) is 12.8 Å². The molecule has 1 fully saturated rings. The van der Waals surface area contributed by atoms with Gasteiger partial charge in [0, 0.05) is 32.8 Å². The third kappa shape index (κ3) is 6.60. The third-order valence-corrected chi connectivity index (χ3v) is 5.00. The van der Waals surface area contributed by atoms with Gasteiger partial charge < -0.3 is 15.3 Å². The molecule has 0 amide bonds. The van der Waals surface area contributed by atoms with Crippen LogP contribution in [0.25, 0.3) is 0 Å². The number of hydrogen-bond donors (Lipinski definition) is 2. The van der Waals surface area contributed by atoms with Gasteiger partial charge in [-0.15, -0.1) is 24.0 Å². The van der Waals surface area contributed by atoms with Gasteiger partial charge in [0.25, 0.3) is 0 Å². The van der Waals surface area contributed by atoms with E-state index < -0.39 is 0 Å². The fraction of sp³-hybridized carbons (Fsp3) is 0.941. The van der Waals surface area contributed by atoms with Crippen LogP contribution in [0.5, 0.6) is 0 Å². The van der Waals surface area contributed by atoms with Crippen LogP contribution < -0.4 is 5.32 Å². The summed E-state index contributed by atoms with van der Waals surface area (Å²) in [6, 6.07) is 0. The minimum atomic E-state index is 0. The molecule has 1 saturated heterocycles. The smallest absolute Gasteiger partial charge is 0.193 e. The lowest BCUT2D eigenvalue weighted by molar-refractivity contribution is 0.174. The number of likely N-dealkylation sites (tertiary alicyclic amines) is 1. The molecule has 22 heavy (non-hydrogen) atoms. The molecule has 132 valence electrons. The summed E-state index contributed by atoms with van der Waals surface area (Å²) >= 11 is 0. The number of aliphatic hydroxyl groups is 1. The Kier molecular flexibility index (Phi) is 11.5. The molecule has 0 saturated carbocycles. The van der Waals surface area contributed by atoms with E-state index in [1.54, 1.807) is 0 Å². The zero-order chi connectivity index (χ0) is 15.7. The fourth-order valence-electron chi connectivity index (χ4n) is 3.19. The van der Waals surface area contributed by atoms with Gasteiger partial charge in [0.05, 0.1) is 0 Å². The number of nitrogens with one attached hydrogen (secondary N) is 1. The standard InChI is InChI=1S/C17H35N3O.HI/c1-5-17(6-2,10-12-21)14-19-16(18-7-3)20-11-8-9-15(4)13-20;/h15,21H,5-14H2,1-4H3,(H,18,19);1H. The van der Waals surface area contributed by atoms with Crippen molar-refractivity contribution >= 4 is 29.9 Å². The normalized spacial score (nSPS) is 19.8. The van der Waals surface area contributed by atoms with Gasteiger partial charge in [-0.1, -0.05) is 20.8 Å². The topological polar surface area (TPSA) is 47.9 Å². The van der Waals surface area contributed by atoms with Crippen LogP contribution in [0, 0.1) is 11.3 Å². The summed E-state index contributed by atoms with van der Waals surface area (Å²) in [5, 5.41) is 12.8. The van der Waals surface area contributed by atoms with Gasteiger partial charge in [-0.25, -0.2) is 0 Å². The number of rotatable bonds is 7. The van der Waals surface area contributed by atoms with Crippen LogP contribution in [0.3, 0.4) is 0 Å². The number of hydrogen-bond acceptors (Lipinski definition) is 2. The maximum atomic E-state index is 9.34. The Bertz CT molecular complexity index is 319. The lowest BCUT2D eigenvalue weighted by Crippen LogP contribution is -2.46. The summed E-state index contributed by atoms with van der Waals surface area (Å²) in [6.45, 7) is 13.1. The zero-order valence-corrected chi connectivity index (χ0v) is 17.2. The minimum absolute atomic E-state index is 0. The highest BCUT2D eigenvalue weighted by molar-refractivity contribution is 14.0. The van der Waals surface area contributed by atoms with E-state index in [0.717, 1.165) is 57.3 Å². The fourth-order valence-corrected chi connectivity index (χ4v) is 3.19. The first kappa shape index (κ1) is 22.0. The first-order valence-electron chi connectivity index (χ1n) is 8.75. The molecule has 1 heterocycles. The number of aliphatic imine (C=N–C) groups is 1. The lowest BCUT2D eigenvalue weighted by atomic mass is 9.79. The second-order valence-electron chi connectivity index (χ2n) is 6.54. The summed E-state index contributed by atoms with van der Waals surface area (Å²) in [7, 11) is 0. The molecule has 0 aromatic rings. The predicted octanol–water partition coefficient (Wildman–Crippen LogP) is 3.49. The average Bonchev–Trinajstić information content (AvgIpc) is 2.50. The van der Waals surface area contributed by atoms with Gasteiger partial charge in [-0.3, -0.25) is 4.99 Å². The Morgan fingerprint density at radius 3 is 2.50 bits per heavy atom. The molecule has 4 nitrogen and oxygen atoms in total. The summed E-state index contributed by atoms with van der Waals surface area (Å²) in [4.78, 5) is 7.33. The molecule has 1 rings (SSSR count). The van der Waals surface area contributed by atoms with Gasteiger partial charge in [-0.2, -0.15) is 0 Å². The highest BCUT2D eigenvalue weighted by Crippen LogP contribution is 2.30. The molecule has 0 aliphatic carbocycles. The summed E-state index contributed by atoms with van der Waals surface area (Å²) < 4.78 is 0. The molecular weight excluding hydrogens is 389 g/mol. The van der Waals surface area contributed by atoms with Gasteiger partial charge in [0.15, 0.2) is 5.96 Å². The maximum Gasteiger partial charge on any atom is 0.193 e. The van der Waals surface area contributed by atoms with Crippen molar-refractivity contribution < 1.29 is 5.11 Å². The first-order chi connectivity index (χ1) is 10.1. The lowest BCUT2D eigenvalue weighted by Gasteiger charge is -2.35. The molecule has 0 spiro atoms.